The Labute approximate surface area is 216 Å². The molecular weight excluding hydrogens is 456 g/mol. The van der Waals surface area contributed by atoms with Crippen LogP contribution in [-0.2, 0) is 28.6 Å². The van der Waals surface area contributed by atoms with Crippen LogP contribution < -0.4 is 0 Å². The number of fused-ring (bicyclic) bond motifs is 1. The van der Waals surface area contributed by atoms with Gasteiger partial charge >= 0.3 is 17.9 Å². The fraction of sp³-hybridized carbons (Fsp3) is 0.900. The molecule has 7 atom stereocenters. The summed E-state index contributed by atoms with van der Waals surface area (Å²) in [5.74, 6) is 3.73. The molecule has 0 N–H and O–H groups in total. The van der Waals surface area contributed by atoms with Crippen LogP contribution in [0.1, 0.15) is 98.8 Å². The van der Waals surface area contributed by atoms with Crippen molar-refractivity contribution in [3.8, 4) is 0 Å². The van der Waals surface area contributed by atoms with Crippen molar-refractivity contribution in [1.29, 1.82) is 0 Å². The number of carbonyl (C=O) groups excluding carboxylic acids is 3. The standard InChI is InChI=1S/C17H28O2.C13H18O4/c1-4-11(3)16(18)19-17(5-2)14-7-12-6-13(9-14)10-15(17)8-12;1-3-6(2)12(14)16-10-7-4-8-9(5-7)13(15)17-11(8)10/h11-15H,4-10H2,1-3H3;6-11H,3-5H2,1-2H3. The molecule has 6 heteroatoms. The molecular formula is C30H46O6. The molecule has 0 spiro atoms. The molecule has 6 saturated carbocycles. The predicted octanol–water partition coefficient (Wildman–Crippen LogP) is 5.71. The van der Waals surface area contributed by atoms with Crippen LogP contribution in [0.5, 0.6) is 0 Å². The maximum absolute atomic E-state index is 12.3. The Kier molecular flexibility index (Phi) is 7.19. The molecule has 0 amide bonds. The van der Waals surface area contributed by atoms with Crippen LogP contribution in [0, 0.1) is 53.3 Å². The second-order valence-corrected chi connectivity index (χ2v) is 13.0. The van der Waals surface area contributed by atoms with Gasteiger partial charge in [0, 0.05) is 11.8 Å². The van der Waals surface area contributed by atoms with E-state index in [9.17, 15) is 14.4 Å². The lowest BCUT2D eigenvalue weighted by Crippen LogP contribution is -2.59. The van der Waals surface area contributed by atoms with E-state index >= 15 is 0 Å². The highest BCUT2D eigenvalue weighted by atomic mass is 16.6. The van der Waals surface area contributed by atoms with E-state index in [2.05, 4.69) is 13.8 Å². The van der Waals surface area contributed by atoms with Crippen molar-refractivity contribution in [3.63, 3.8) is 0 Å². The first-order chi connectivity index (χ1) is 17.2. The zero-order valence-corrected chi connectivity index (χ0v) is 22.9. The molecule has 7 fully saturated rings. The summed E-state index contributed by atoms with van der Waals surface area (Å²) in [6.45, 7) is 10.1. The summed E-state index contributed by atoms with van der Waals surface area (Å²) in [6, 6.07) is 0. The largest absolute Gasteiger partial charge is 0.458 e. The van der Waals surface area contributed by atoms with Gasteiger partial charge in [0.25, 0.3) is 0 Å². The molecule has 1 saturated heterocycles. The molecule has 7 aliphatic rings. The van der Waals surface area contributed by atoms with Crippen LogP contribution in [0.4, 0.5) is 0 Å². The smallest absolute Gasteiger partial charge is 0.309 e. The fourth-order valence-electron chi connectivity index (χ4n) is 8.73. The normalized spacial score (nSPS) is 44.5. The topological polar surface area (TPSA) is 78.9 Å². The minimum absolute atomic E-state index is 0.0526. The quantitative estimate of drug-likeness (QED) is 0.328. The summed E-state index contributed by atoms with van der Waals surface area (Å²) >= 11 is 0. The van der Waals surface area contributed by atoms with Crippen molar-refractivity contribution < 1.29 is 28.6 Å². The maximum Gasteiger partial charge on any atom is 0.309 e. The minimum Gasteiger partial charge on any atom is -0.458 e. The number of hydrogen-bond donors (Lipinski definition) is 0. The van der Waals surface area contributed by atoms with Gasteiger partial charge in [-0.25, -0.2) is 0 Å². The molecule has 0 radical (unpaired) electrons. The lowest BCUT2D eigenvalue weighted by atomic mass is 9.49. The Bertz CT molecular complexity index is 838. The fourth-order valence-corrected chi connectivity index (χ4v) is 8.73. The Morgan fingerprint density at radius 1 is 0.889 bits per heavy atom. The molecule has 1 aliphatic heterocycles. The molecule has 202 valence electrons. The summed E-state index contributed by atoms with van der Waals surface area (Å²) in [4.78, 5) is 35.7. The molecule has 6 aliphatic carbocycles. The van der Waals surface area contributed by atoms with Crippen LogP contribution >= 0.6 is 0 Å². The van der Waals surface area contributed by atoms with Crippen LogP contribution in [0.25, 0.3) is 0 Å². The average Bonchev–Trinajstić information content (AvgIpc) is 3.50. The van der Waals surface area contributed by atoms with E-state index in [1.807, 2.05) is 20.8 Å². The first-order valence-electron chi connectivity index (χ1n) is 14.8. The Morgan fingerprint density at radius 3 is 2.03 bits per heavy atom. The van der Waals surface area contributed by atoms with Crippen molar-refractivity contribution in [2.45, 2.75) is 117 Å². The number of carbonyl (C=O) groups is 3. The summed E-state index contributed by atoms with van der Waals surface area (Å²) in [5.41, 5.74) is -0.103. The van der Waals surface area contributed by atoms with Gasteiger partial charge in [0.2, 0.25) is 0 Å². The highest BCUT2D eigenvalue weighted by Gasteiger charge is 2.63. The second-order valence-electron chi connectivity index (χ2n) is 13.0. The Morgan fingerprint density at radius 2 is 1.47 bits per heavy atom. The van der Waals surface area contributed by atoms with Crippen molar-refractivity contribution in [1.82, 2.24) is 0 Å². The van der Waals surface area contributed by atoms with Gasteiger partial charge in [-0.3, -0.25) is 14.4 Å². The van der Waals surface area contributed by atoms with Gasteiger partial charge in [0.1, 0.15) is 17.8 Å². The van der Waals surface area contributed by atoms with E-state index in [0.717, 1.165) is 43.9 Å². The highest BCUT2D eigenvalue weighted by Crippen LogP contribution is 2.61. The first-order valence-corrected chi connectivity index (χ1v) is 14.8. The second kappa shape index (κ2) is 9.94. The summed E-state index contributed by atoms with van der Waals surface area (Å²) < 4.78 is 17.1. The minimum atomic E-state index is -0.177. The van der Waals surface area contributed by atoms with Crippen molar-refractivity contribution in [2.75, 3.05) is 0 Å². The number of rotatable bonds is 7. The van der Waals surface area contributed by atoms with Crippen LogP contribution in [0.3, 0.4) is 0 Å². The third-order valence-corrected chi connectivity index (χ3v) is 11.1. The molecule has 7 rings (SSSR count). The number of hydrogen-bond acceptors (Lipinski definition) is 6. The Balaban J connectivity index is 0.000000149. The molecule has 0 aromatic rings. The van der Waals surface area contributed by atoms with E-state index in [4.69, 9.17) is 14.2 Å². The van der Waals surface area contributed by atoms with Crippen molar-refractivity contribution in [2.24, 2.45) is 53.3 Å². The van der Waals surface area contributed by atoms with Gasteiger partial charge in [0.05, 0.1) is 17.8 Å². The zero-order valence-electron chi connectivity index (χ0n) is 22.9. The summed E-state index contributed by atoms with van der Waals surface area (Å²) in [6.07, 6.45) is 10.9. The first kappa shape index (κ1) is 26.0. The van der Waals surface area contributed by atoms with E-state index in [1.54, 1.807) is 0 Å². The van der Waals surface area contributed by atoms with Gasteiger partial charge in [-0.2, -0.15) is 0 Å². The molecule has 6 bridgehead atoms. The molecule has 36 heavy (non-hydrogen) atoms. The summed E-state index contributed by atoms with van der Waals surface area (Å²) in [5, 5.41) is 0. The van der Waals surface area contributed by atoms with Crippen molar-refractivity contribution >= 4 is 17.9 Å². The molecule has 0 aromatic heterocycles. The number of ether oxygens (including phenoxy) is 3. The van der Waals surface area contributed by atoms with Crippen LogP contribution in [-0.4, -0.2) is 35.7 Å². The van der Waals surface area contributed by atoms with Gasteiger partial charge in [-0.1, -0.05) is 34.6 Å². The number of esters is 3. The molecule has 1 heterocycles. The van der Waals surface area contributed by atoms with E-state index in [-0.39, 0.29) is 53.5 Å². The van der Waals surface area contributed by atoms with Gasteiger partial charge in [0.15, 0.2) is 0 Å². The van der Waals surface area contributed by atoms with Gasteiger partial charge in [-0.15, -0.1) is 0 Å². The van der Waals surface area contributed by atoms with Gasteiger partial charge in [-0.05, 0) is 87.9 Å². The van der Waals surface area contributed by atoms with Crippen molar-refractivity contribution in [3.05, 3.63) is 0 Å². The third-order valence-electron chi connectivity index (χ3n) is 11.1. The molecule has 0 aromatic carbocycles. The van der Waals surface area contributed by atoms with E-state index < -0.39 is 0 Å². The lowest BCUT2D eigenvalue weighted by molar-refractivity contribution is -0.214. The lowest BCUT2D eigenvalue weighted by Gasteiger charge is -2.60. The summed E-state index contributed by atoms with van der Waals surface area (Å²) in [7, 11) is 0. The van der Waals surface area contributed by atoms with Crippen LogP contribution in [0.15, 0.2) is 0 Å². The SMILES string of the molecule is CCC(C)C(=O)OC1(CC)C2CC3CC(C2)CC1C3.CCC(C)C(=O)OC1C2CC3C(=O)OC1C3C2. The Hall–Kier alpha value is -1.59. The third kappa shape index (κ3) is 4.28. The maximum atomic E-state index is 12.3. The van der Waals surface area contributed by atoms with Gasteiger partial charge < -0.3 is 14.2 Å². The highest BCUT2D eigenvalue weighted by molar-refractivity contribution is 5.77. The predicted molar refractivity (Wildman–Crippen MR) is 135 cm³/mol. The zero-order chi connectivity index (χ0) is 25.8. The average molecular weight is 503 g/mol. The molecule has 6 nitrogen and oxygen atoms in total. The molecule has 7 unspecified atom stereocenters. The van der Waals surface area contributed by atoms with E-state index in [0.29, 0.717) is 23.7 Å². The van der Waals surface area contributed by atoms with E-state index in [1.165, 1.54) is 32.1 Å². The van der Waals surface area contributed by atoms with Crippen LogP contribution in [0.2, 0.25) is 0 Å². The monoisotopic (exact) mass is 502 g/mol.